The van der Waals surface area contributed by atoms with Crippen LogP contribution < -0.4 is 10.1 Å². The highest BCUT2D eigenvalue weighted by atomic mass is 35.5. The number of ether oxygens (including phenoxy) is 1. The maximum Gasteiger partial charge on any atom is 0.305 e. The lowest BCUT2D eigenvalue weighted by molar-refractivity contribution is -0.137. The van der Waals surface area contributed by atoms with Crippen molar-refractivity contribution in [2.24, 2.45) is 0 Å². The van der Waals surface area contributed by atoms with E-state index in [9.17, 15) is 14.7 Å². The van der Waals surface area contributed by atoms with Crippen molar-refractivity contribution in [3.8, 4) is 23.1 Å². The molecule has 0 saturated carbocycles. The van der Waals surface area contributed by atoms with Gasteiger partial charge in [0.25, 0.3) is 5.91 Å². The number of methoxy groups -OCH3 is 1. The first-order chi connectivity index (χ1) is 14.9. The molecule has 0 bridgehead atoms. The Morgan fingerprint density at radius 2 is 1.87 bits per heavy atom. The maximum atomic E-state index is 12.9. The Morgan fingerprint density at radius 3 is 2.48 bits per heavy atom. The van der Waals surface area contributed by atoms with E-state index < -0.39 is 17.9 Å². The van der Waals surface area contributed by atoms with Gasteiger partial charge in [-0.2, -0.15) is 5.26 Å². The Labute approximate surface area is 183 Å². The Bertz CT molecular complexity index is 1160. The highest BCUT2D eigenvalue weighted by Crippen LogP contribution is 2.29. The van der Waals surface area contributed by atoms with Gasteiger partial charge in [-0.1, -0.05) is 41.9 Å². The summed E-state index contributed by atoms with van der Waals surface area (Å²) in [6.07, 6.45) is -0.339. The fourth-order valence-electron chi connectivity index (χ4n) is 3.05. The molecule has 2 aromatic carbocycles. The molecule has 0 aliphatic carbocycles. The van der Waals surface area contributed by atoms with Gasteiger partial charge in [-0.25, -0.2) is 4.98 Å². The van der Waals surface area contributed by atoms with Crippen LogP contribution in [0.2, 0.25) is 5.02 Å². The molecule has 1 atom stereocenters. The molecule has 0 radical (unpaired) electrons. The van der Waals surface area contributed by atoms with Crippen molar-refractivity contribution < 1.29 is 19.4 Å². The molecule has 156 valence electrons. The second-order valence-electron chi connectivity index (χ2n) is 6.58. The number of nitrogens with zero attached hydrogens (tertiary/aromatic N) is 2. The second kappa shape index (κ2) is 9.74. The number of aliphatic carboxylic acids is 1. The van der Waals surface area contributed by atoms with Crippen molar-refractivity contribution >= 4 is 23.5 Å². The topological polar surface area (TPSA) is 112 Å². The highest BCUT2D eigenvalue weighted by molar-refractivity contribution is 6.31. The summed E-state index contributed by atoms with van der Waals surface area (Å²) in [4.78, 5) is 28.7. The minimum atomic E-state index is -1.08. The minimum Gasteiger partial charge on any atom is -0.494 e. The number of carboxylic acid groups (broad SMARTS) is 1. The van der Waals surface area contributed by atoms with Crippen LogP contribution >= 0.6 is 11.6 Å². The Kier molecular flexibility index (Phi) is 6.85. The van der Waals surface area contributed by atoms with E-state index in [1.807, 2.05) is 6.07 Å². The number of rotatable bonds is 7. The van der Waals surface area contributed by atoms with Gasteiger partial charge >= 0.3 is 5.97 Å². The van der Waals surface area contributed by atoms with Gasteiger partial charge in [0.15, 0.2) is 0 Å². The molecule has 1 unspecified atom stereocenters. The summed E-state index contributed by atoms with van der Waals surface area (Å²) in [5, 5.41) is 21.3. The number of halogens is 1. The van der Waals surface area contributed by atoms with Crippen molar-refractivity contribution in [2.75, 3.05) is 7.11 Å². The zero-order chi connectivity index (χ0) is 22.4. The Morgan fingerprint density at radius 1 is 1.16 bits per heavy atom. The third kappa shape index (κ3) is 5.18. The van der Waals surface area contributed by atoms with Crippen LogP contribution in [0.4, 0.5) is 0 Å². The lowest BCUT2D eigenvalue weighted by atomic mass is 10.0. The third-order valence-corrected chi connectivity index (χ3v) is 4.91. The van der Waals surface area contributed by atoms with Gasteiger partial charge in [0.1, 0.15) is 17.1 Å². The monoisotopic (exact) mass is 435 g/mol. The van der Waals surface area contributed by atoms with Crippen molar-refractivity contribution in [3.63, 3.8) is 0 Å². The van der Waals surface area contributed by atoms with Gasteiger partial charge in [0, 0.05) is 10.6 Å². The van der Waals surface area contributed by atoms with Gasteiger partial charge in [-0.3, -0.25) is 9.59 Å². The van der Waals surface area contributed by atoms with Crippen molar-refractivity contribution in [1.29, 1.82) is 5.26 Å². The number of nitriles is 1. The van der Waals surface area contributed by atoms with Crippen LogP contribution in [0.25, 0.3) is 11.3 Å². The number of hydrogen-bond donors (Lipinski definition) is 2. The lowest BCUT2D eigenvalue weighted by Crippen LogP contribution is -2.31. The van der Waals surface area contributed by atoms with Crippen LogP contribution in [-0.4, -0.2) is 29.1 Å². The number of pyridine rings is 1. The molecule has 0 spiro atoms. The summed E-state index contributed by atoms with van der Waals surface area (Å²) in [5.41, 5.74) is 2.17. The summed E-state index contributed by atoms with van der Waals surface area (Å²) in [5.74, 6) is -1.18. The smallest absolute Gasteiger partial charge is 0.305 e. The highest BCUT2D eigenvalue weighted by Gasteiger charge is 2.22. The first kappa shape index (κ1) is 21.8. The van der Waals surface area contributed by atoms with Gasteiger partial charge in [0.05, 0.1) is 31.2 Å². The molecule has 3 rings (SSSR count). The molecular weight excluding hydrogens is 418 g/mol. The van der Waals surface area contributed by atoms with Gasteiger partial charge < -0.3 is 15.2 Å². The van der Waals surface area contributed by atoms with Gasteiger partial charge in [-0.05, 0) is 35.9 Å². The van der Waals surface area contributed by atoms with Crippen LogP contribution in [0.5, 0.6) is 5.75 Å². The van der Waals surface area contributed by atoms with E-state index in [4.69, 9.17) is 21.6 Å². The molecule has 0 aliphatic rings. The first-order valence-corrected chi connectivity index (χ1v) is 9.63. The predicted octanol–water partition coefficient (Wildman–Crippen LogP) is 4.23. The number of benzene rings is 2. The van der Waals surface area contributed by atoms with Crippen LogP contribution in [0.3, 0.4) is 0 Å². The number of nitrogens with one attached hydrogen (secondary N) is 1. The average Bonchev–Trinajstić information content (AvgIpc) is 2.78. The van der Waals surface area contributed by atoms with Crippen LogP contribution in [0.1, 0.15) is 34.1 Å². The van der Waals surface area contributed by atoms with Crippen LogP contribution in [-0.2, 0) is 4.79 Å². The van der Waals surface area contributed by atoms with E-state index in [-0.39, 0.29) is 12.1 Å². The summed E-state index contributed by atoms with van der Waals surface area (Å²) in [6, 6.07) is 17.8. The van der Waals surface area contributed by atoms with Crippen LogP contribution in [0, 0.1) is 11.3 Å². The van der Waals surface area contributed by atoms with E-state index in [1.165, 1.54) is 13.2 Å². The van der Waals surface area contributed by atoms with E-state index in [1.54, 1.807) is 54.6 Å². The number of hydrogen-bond acceptors (Lipinski definition) is 5. The third-order valence-electron chi connectivity index (χ3n) is 4.56. The molecule has 1 aromatic heterocycles. The molecular formula is C23H18ClN3O4. The van der Waals surface area contributed by atoms with Crippen molar-refractivity contribution in [2.45, 2.75) is 12.5 Å². The molecule has 2 N–H and O–H groups in total. The Balaban J connectivity index is 1.93. The normalized spacial score (nSPS) is 11.3. The molecule has 8 heteroatoms. The zero-order valence-electron chi connectivity index (χ0n) is 16.5. The average molecular weight is 436 g/mol. The maximum absolute atomic E-state index is 12.9. The molecule has 3 aromatic rings. The van der Waals surface area contributed by atoms with Crippen molar-refractivity contribution in [3.05, 3.63) is 82.5 Å². The largest absolute Gasteiger partial charge is 0.494 e. The molecule has 1 heterocycles. The number of aromatic nitrogens is 1. The number of carboxylic acids is 1. The summed E-state index contributed by atoms with van der Waals surface area (Å²) < 4.78 is 5.36. The van der Waals surface area contributed by atoms with Gasteiger partial charge in [0.2, 0.25) is 0 Å². The summed E-state index contributed by atoms with van der Waals surface area (Å²) in [6.45, 7) is 0. The van der Waals surface area contributed by atoms with Crippen molar-refractivity contribution in [1.82, 2.24) is 10.3 Å². The molecule has 31 heavy (non-hydrogen) atoms. The number of amides is 1. The molecule has 0 aliphatic heterocycles. The number of carbonyl (C=O) groups is 2. The first-order valence-electron chi connectivity index (χ1n) is 9.25. The minimum absolute atomic E-state index is 0.0857. The van der Waals surface area contributed by atoms with E-state index in [0.29, 0.717) is 33.2 Å². The molecule has 1 amide bonds. The standard InChI is InChI=1S/C23H18ClN3O4/c1-31-20-11-10-18(26-22(20)15-8-6-14(13-25)7-9-15)23(30)27-19(12-21(28)29)16-4-2-3-5-17(16)24/h2-11,19H,12H2,1H3,(H,27,30)(H,28,29). The second-order valence-corrected chi connectivity index (χ2v) is 6.99. The molecule has 0 fully saturated rings. The van der Waals surface area contributed by atoms with E-state index in [2.05, 4.69) is 10.3 Å². The summed E-state index contributed by atoms with van der Waals surface area (Å²) >= 11 is 6.20. The predicted molar refractivity (Wildman–Crippen MR) is 115 cm³/mol. The van der Waals surface area contributed by atoms with Gasteiger partial charge in [-0.15, -0.1) is 0 Å². The van der Waals surface area contributed by atoms with E-state index >= 15 is 0 Å². The molecule has 0 saturated heterocycles. The summed E-state index contributed by atoms with van der Waals surface area (Å²) in [7, 11) is 1.49. The fraction of sp³-hybridized carbons (Fsp3) is 0.130. The van der Waals surface area contributed by atoms with Crippen LogP contribution in [0.15, 0.2) is 60.7 Å². The number of carbonyl (C=O) groups excluding carboxylic acids is 1. The SMILES string of the molecule is COc1ccc(C(=O)NC(CC(=O)O)c2ccccc2Cl)nc1-c1ccc(C#N)cc1. The van der Waals surface area contributed by atoms with E-state index in [0.717, 1.165) is 0 Å². The molecule has 7 nitrogen and oxygen atoms in total. The Hall–Kier alpha value is -3.89. The lowest BCUT2D eigenvalue weighted by Gasteiger charge is -2.19. The quantitative estimate of drug-likeness (QED) is 0.574. The fourth-order valence-corrected chi connectivity index (χ4v) is 3.32. The zero-order valence-corrected chi connectivity index (χ0v) is 17.3.